The first-order valence-electron chi connectivity index (χ1n) is 7.86. The number of nitrogens with one attached hydrogen (secondary N) is 1. The van der Waals surface area contributed by atoms with Crippen molar-refractivity contribution in [2.24, 2.45) is 0 Å². The summed E-state index contributed by atoms with van der Waals surface area (Å²) in [4.78, 5) is 12.8. The van der Waals surface area contributed by atoms with Gasteiger partial charge in [-0.1, -0.05) is 36.4 Å². The summed E-state index contributed by atoms with van der Waals surface area (Å²) in [5.41, 5.74) is 9.65. The standard InChI is InChI=1S/C18H21N3O2/c19-15-10-9-14(13-6-2-1-3-7-13)12-16(15)20-17-8-4-5-11-21(17)18(22)23/h1-3,6-7,9-10,12,17,20H,4-5,8,11,19H2,(H,22,23). The van der Waals surface area contributed by atoms with Gasteiger partial charge in [0.2, 0.25) is 0 Å². The number of nitrogen functional groups attached to an aromatic ring is 1. The Morgan fingerprint density at radius 2 is 1.91 bits per heavy atom. The zero-order valence-corrected chi connectivity index (χ0v) is 12.9. The lowest BCUT2D eigenvalue weighted by Gasteiger charge is -2.35. The van der Waals surface area contributed by atoms with Crippen LogP contribution in [0.2, 0.25) is 0 Å². The second-order valence-corrected chi connectivity index (χ2v) is 5.80. The Labute approximate surface area is 135 Å². The average molecular weight is 311 g/mol. The molecule has 1 aliphatic rings. The van der Waals surface area contributed by atoms with E-state index in [9.17, 15) is 9.90 Å². The van der Waals surface area contributed by atoms with E-state index in [1.165, 1.54) is 4.90 Å². The van der Waals surface area contributed by atoms with Crippen LogP contribution < -0.4 is 11.1 Å². The fourth-order valence-corrected chi connectivity index (χ4v) is 2.98. The molecule has 2 aromatic rings. The Bertz CT molecular complexity index is 688. The number of likely N-dealkylation sites (tertiary alicyclic amines) is 1. The number of carboxylic acid groups (broad SMARTS) is 1. The van der Waals surface area contributed by atoms with Crippen molar-refractivity contribution < 1.29 is 9.90 Å². The topological polar surface area (TPSA) is 78.6 Å². The molecule has 1 atom stereocenters. The number of carbonyl (C=O) groups is 1. The van der Waals surface area contributed by atoms with Gasteiger partial charge in [0.1, 0.15) is 6.17 Å². The lowest BCUT2D eigenvalue weighted by Crippen LogP contribution is -2.47. The van der Waals surface area contributed by atoms with Crippen molar-refractivity contribution in [2.45, 2.75) is 25.4 Å². The molecule has 1 amide bonds. The first-order chi connectivity index (χ1) is 11.1. The van der Waals surface area contributed by atoms with Gasteiger partial charge in [-0.05, 0) is 42.5 Å². The number of rotatable bonds is 3. The number of nitrogens with zero attached hydrogens (tertiary/aromatic N) is 1. The summed E-state index contributed by atoms with van der Waals surface area (Å²) in [6, 6.07) is 15.9. The van der Waals surface area contributed by atoms with Crippen molar-refractivity contribution >= 4 is 17.5 Å². The monoisotopic (exact) mass is 311 g/mol. The van der Waals surface area contributed by atoms with Crippen LogP contribution in [-0.4, -0.2) is 28.8 Å². The van der Waals surface area contributed by atoms with Crippen LogP contribution >= 0.6 is 0 Å². The van der Waals surface area contributed by atoms with E-state index in [1.54, 1.807) is 0 Å². The van der Waals surface area contributed by atoms with E-state index in [0.717, 1.165) is 36.1 Å². The normalized spacial score (nSPS) is 17.7. The summed E-state index contributed by atoms with van der Waals surface area (Å²) in [5.74, 6) is 0. The van der Waals surface area contributed by atoms with Crippen molar-refractivity contribution in [2.75, 3.05) is 17.6 Å². The molecular weight excluding hydrogens is 290 g/mol. The molecule has 4 N–H and O–H groups in total. The highest BCUT2D eigenvalue weighted by Crippen LogP contribution is 2.29. The van der Waals surface area contributed by atoms with Gasteiger partial charge in [-0.3, -0.25) is 4.90 Å². The Kier molecular flexibility index (Phi) is 4.37. The number of hydrogen-bond donors (Lipinski definition) is 3. The second-order valence-electron chi connectivity index (χ2n) is 5.80. The molecule has 3 rings (SSSR count). The summed E-state index contributed by atoms with van der Waals surface area (Å²) < 4.78 is 0. The van der Waals surface area contributed by atoms with E-state index in [0.29, 0.717) is 12.2 Å². The third-order valence-corrected chi connectivity index (χ3v) is 4.23. The number of hydrogen-bond acceptors (Lipinski definition) is 3. The average Bonchev–Trinajstić information content (AvgIpc) is 2.58. The lowest BCUT2D eigenvalue weighted by molar-refractivity contribution is 0.115. The van der Waals surface area contributed by atoms with Crippen molar-refractivity contribution in [1.29, 1.82) is 0 Å². The van der Waals surface area contributed by atoms with E-state index >= 15 is 0 Å². The first-order valence-corrected chi connectivity index (χ1v) is 7.86. The molecule has 1 aliphatic heterocycles. The molecule has 0 radical (unpaired) electrons. The summed E-state index contributed by atoms with van der Waals surface area (Å²) in [6.07, 6.45) is 1.60. The van der Waals surface area contributed by atoms with Gasteiger partial charge in [-0.2, -0.15) is 0 Å². The summed E-state index contributed by atoms with van der Waals surface area (Å²) in [7, 11) is 0. The zero-order chi connectivity index (χ0) is 16.2. The van der Waals surface area contributed by atoms with Gasteiger partial charge >= 0.3 is 6.09 Å². The van der Waals surface area contributed by atoms with Crippen LogP contribution in [-0.2, 0) is 0 Å². The third kappa shape index (κ3) is 3.39. The van der Waals surface area contributed by atoms with E-state index in [2.05, 4.69) is 5.32 Å². The molecular formula is C18H21N3O2. The SMILES string of the molecule is Nc1ccc(-c2ccccc2)cc1NC1CCCCN1C(=O)O. The molecule has 23 heavy (non-hydrogen) atoms. The van der Waals surface area contributed by atoms with Crippen LogP contribution in [0.5, 0.6) is 0 Å². The maximum Gasteiger partial charge on any atom is 0.408 e. The highest BCUT2D eigenvalue weighted by Gasteiger charge is 2.26. The van der Waals surface area contributed by atoms with Crippen LogP contribution in [0.4, 0.5) is 16.2 Å². The molecule has 1 unspecified atom stereocenters. The lowest BCUT2D eigenvalue weighted by atomic mass is 10.0. The summed E-state index contributed by atoms with van der Waals surface area (Å²) >= 11 is 0. The number of piperidine rings is 1. The smallest absolute Gasteiger partial charge is 0.408 e. The summed E-state index contributed by atoms with van der Waals surface area (Å²) in [5, 5.41) is 12.7. The second kappa shape index (κ2) is 6.60. The van der Waals surface area contributed by atoms with Gasteiger partial charge in [0.05, 0.1) is 11.4 Å². The van der Waals surface area contributed by atoms with Crippen molar-refractivity contribution in [3.63, 3.8) is 0 Å². The Morgan fingerprint density at radius 3 is 2.65 bits per heavy atom. The fraction of sp³-hybridized carbons (Fsp3) is 0.278. The van der Waals surface area contributed by atoms with Crippen LogP contribution in [0.25, 0.3) is 11.1 Å². The van der Waals surface area contributed by atoms with Gasteiger partial charge in [0.15, 0.2) is 0 Å². The van der Waals surface area contributed by atoms with Crippen LogP contribution in [0.15, 0.2) is 48.5 Å². The highest BCUT2D eigenvalue weighted by atomic mass is 16.4. The molecule has 2 aromatic carbocycles. The minimum atomic E-state index is -0.889. The quantitative estimate of drug-likeness (QED) is 0.753. The molecule has 5 heteroatoms. The number of nitrogens with two attached hydrogens (primary N) is 1. The molecule has 5 nitrogen and oxygen atoms in total. The summed E-state index contributed by atoms with van der Waals surface area (Å²) in [6.45, 7) is 0.561. The fourth-order valence-electron chi connectivity index (χ4n) is 2.98. The minimum absolute atomic E-state index is 0.227. The largest absolute Gasteiger partial charge is 0.465 e. The number of amides is 1. The molecule has 1 fully saturated rings. The zero-order valence-electron chi connectivity index (χ0n) is 12.9. The maximum atomic E-state index is 11.4. The Hall–Kier alpha value is -2.69. The van der Waals surface area contributed by atoms with Crippen molar-refractivity contribution in [3.05, 3.63) is 48.5 Å². The van der Waals surface area contributed by atoms with Gasteiger partial charge < -0.3 is 16.2 Å². The van der Waals surface area contributed by atoms with Gasteiger partial charge in [-0.25, -0.2) is 4.79 Å². The van der Waals surface area contributed by atoms with Gasteiger partial charge in [0, 0.05) is 6.54 Å². The van der Waals surface area contributed by atoms with E-state index in [1.807, 2.05) is 48.5 Å². The number of anilines is 2. The highest BCUT2D eigenvalue weighted by molar-refractivity contribution is 5.76. The third-order valence-electron chi connectivity index (χ3n) is 4.23. The predicted octanol–water partition coefficient (Wildman–Crippen LogP) is 3.84. The predicted molar refractivity (Wildman–Crippen MR) is 92.3 cm³/mol. The van der Waals surface area contributed by atoms with E-state index in [4.69, 9.17) is 5.73 Å². The van der Waals surface area contributed by atoms with Crippen molar-refractivity contribution in [3.8, 4) is 11.1 Å². The molecule has 1 heterocycles. The first kappa shape index (κ1) is 15.2. The Morgan fingerprint density at radius 1 is 1.13 bits per heavy atom. The van der Waals surface area contributed by atoms with Crippen LogP contribution in [0, 0.1) is 0 Å². The maximum absolute atomic E-state index is 11.4. The van der Waals surface area contributed by atoms with Crippen molar-refractivity contribution in [1.82, 2.24) is 4.90 Å². The molecule has 0 bridgehead atoms. The van der Waals surface area contributed by atoms with Gasteiger partial charge in [0.25, 0.3) is 0 Å². The van der Waals surface area contributed by atoms with Gasteiger partial charge in [-0.15, -0.1) is 0 Å². The number of benzene rings is 2. The van der Waals surface area contributed by atoms with Crippen LogP contribution in [0.1, 0.15) is 19.3 Å². The van der Waals surface area contributed by atoms with E-state index < -0.39 is 6.09 Å². The molecule has 120 valence electrons. The Balaban J connectivity index is 1.86. The van der Waals surface area contributed by atoms with E-state index in [-0.39, 0.29) is 6.17 Å². The molecule has 0 saturated carbocycles. The molecule has 0 spiro atoms. The molecule has 0 aromatic heterocycles. The molecule has 1 saturated heterocycles. The van der Waals surface area contributed by atoms with Crippen LogP contribution in [0.3, 0.4) is 0 Å². The molecule has 0 aliphatic carbocycles. The minimum Gasteiger partial charge on any atom is -0.465 e.